The molecule has 0 spiro atoms. The summed E-state index contributed by atoms with van der Waals surface area (Å²) < 4.78 is 34.1. The number of sulfonamides is 1. The molecule has 1 aromatic carbocycles. The molecular weight excluding hydrogens is 316 g/mol. The van der Waals surface area contributed by atoms with Crippen LogP contribution in [0.25, 0.3) is 5.69 Å². The van der Waals surface area contributed by atoms with Crippen LogP contribution in [0.5, 0.6) is 0 Å². The number of aliphatic hydroxyl groups excluding tert-OH is 1. The third kappa shape index (κ3) is 3.05. The van der Waals surface area contributed by atoms with Crippen LogP contribution in [0.2, 0.25) is 0 Å². The molecule has 6 nitrogen and oxygen atoms in total. The third-order valence-corrected chi connectivity index (χ3v) is 6.15. The molecule has 124 valence electrons. The van der Waals surface area contributed by atoms with Gasteiger partial charge in [-0.2, -0.15) is 4.31 Å². The summed E-state index contributed by atoms with van der Waals surface area (Å²) >= 11 is 0. The Kier molecular flexibility index (Phi) is 4.54. The lowest BCUT2D eigenvalue weighted by molar-refractivity contribution is 0.113. The molecule has 1 aromatic heterocycles. The second-order valence-corrected chi connectivity index (χ2v) is 7.48. The van der Waals surface area contributed by atoms with E-state index in [1.807, 2.05) is 29.1 Å². The van der Waals surface area contributed by atoms with Gasteiger partial charge in [-0.3, -0.25) is 0 Å². The zero-order valence-corrected chi connectivity index (χ0v) is 13.7. The number of aliphatic hydroxyl groups is 1. The molecule has 0 bridgehead atoms. The molecule has 0 radical (unpaired) electrons. The molecule has 2 atom stereocenters. The molecule has 1 N–H and O–H groups in total. The van der Waals surface area contributed by atoms with Gasteiger partial charge in [0.05, 0.1) is 23.6 Å². The van der Waals surface area contributed by atoms with Gasteiger partial charge in [-0.1, -0.05) is 0 Å². The SMILES string of the molecule is CO[C@H]1C[C@@H](CO)N(S(=O)(=O)c2ccc(-n3cccc3)cc2)C1. The Morgan fingerprint density at radius 3 is 2.43 bits per heavy atom. The molecule has 2 aromatic rings. The van der Waals surface area contributed by atoms with Gasteiger partial charge >= 0.3 is 0 Å². The molecule has 1 aliphatic rings. The molecule has 1 saturated heterocycles. The molecule has 1 fully saturated rings. The first-order chi connectivity index (χ1) is 11.1. The van der Waals surface area contributed by atoms with Crippen LogP contribution >= 0.6 is 0 Å². The number of hydrogen-bond donors (Lipinski definition) is 1. The van der Waals surface area contributed by atoms with E-state index >= 15 is 0 Å². The summed E-state index contributed by atoms with van der Waals surface area (Å²) in [6.45, 7) is 0.0595. The molecule has 3 rings (SSSR count). The van der Waals surface area contributed by atoms with Crippen molar-refractivity contribution in [3.8, 4) is 5.69 Å². The maximum absolute atomic E-state index is 12.8. The van der Waals surface area contributed by atoms with Crippen LogP contribution < -0.4 is 0 Å². The van der Waals surface area contributed by atoms with Gasteiger partial charge in [-0.05, 0) is 42.8 Å². The summed E-state index contributed by atoms with van der Waals surface area (Å²) in [4.78, 5) is 0.226. The van der Waals surface area contributed by atoms with Crippen molar-refractivity contribution in [3.05, 3.63) is 48.8 Å². The van der Waals surface area contributed by atoms with Crippen LogP contribution in [0, 0.1) is 0 Å². The number of methoxy groups -OCH3 is 1. The Morgan fingerprint density at radius 2 is 1.87 bits per heavy atom. The summed E-state index contributed by atoms with van der Waals surface area (Å²) in [6, 6.07) is 10.1. The van der Waals surface area contributed by atoms with Crippen molar-refractivity contribution >= 4 is 10.0 Å². The van der Waals surface area contributed by atoms with Gasteiger partial charge in [0.2, 0.25) is 10.0 Å². The van der Waals surface area contributed by atoms with Gasteiger partial charge in [0, 0.05) is 31.7 Å². The topological polar surface area (TPSA) is 71.8 Å². The number of aromatic nitrogens is 1. The van der Waals surface area contributed by atoms with Gasteiger partial charge in [-0.25, -0.2) is 8.42 Å². The summed E-state index contributed by atoms with van der Waals surface area (Å²) in [6.07, 6.45) is 4.12. The van der Waals surface area contributed by atoms with Gasteiger partial charge in [-0.15, -0.1) is 0 Å². The van der Waals surface area contributed by atoms with Gasteiger partial charge in [0.1, 0.15) is 0 Å². The monoisotopic (exact) mass is 336 g/mol. The summed E-state index contributed by atoms with van der Waals surface area (Å²) in [5.41, 5.74) is 0.892. The van der Waals surface area contributed by atoms with E-state index in [0.717, 1.165) is 5.69 Å². The van der Waals surface area contributed by atoms with Crippen molar-refractivity contribution in [1.29, 1.82) is 0 Å². The highest BCUT2D eigenvalue weighted by Crippen LogP contribution is 2.27. The Hall–Kier alpha value is -1.67. The van der Waals surface area contributed by atoms with E-state index in [1.165, 1.54) is 4.31 Å². The number of benzene rings is 1. The molecule has 0 unspecified atom stereocenters. The van der Waals surface area contributed by atoms with Crippen molar-refractivity contribution in [2.45, 2.75) is 23.5 Å². The normalized spacial score (nSPS) is 22.5. The van der Waals surface area contributed by atoms with Crippen LogP contribution in [0.3, 0.4) is 0 Å². The molecule has 0 aliphatic carbocycles. The van der Waals surface area contributed by atoms with E-state index in [9.17, 15) is 13.5 Å². The Bertz CT molecular complexity index is 741. The Morgan fingerprint density at radius 1 is 1.22 bits per heavy atom. The van der Waals surface area contributed by atoms with Crippen LogP contribution in [-0.2, 0) is 14.8 Å². The second-order valence-electron chi connectivity index (χ2n) is 5.59. The molecule has 23 heavy (non-hydrogen) atoms. The highest BCUT2D eigenvalue weighted by Gasteiger charge is 2.39. The fraction of sp³-hybridized carbons (Fsp3) is 0.375. The average Bonchev–Trinajstić information content (AvgIpc) is 3.24. The van der Waals surface area contributed by atoms with Crippen LogP contribution in [0.4, 0.5) is 0 Å². The first-order valence-electron chi connectivity index (χ1n) is 7.45. The first kappa shape index (κ1) is 16.2. The number of rotatable bonds is 5. The lowest BCUT2D eigenvalue weighted by Crippen LogP contribution is -2.38. The standard InChI is InChI=1S/C16H20N2O4S/c1-22-15-10-14(12-19)18(11-15)23(20,21)16-6-4-13(5-7-16)17-8-2-3-9-17/h2-9,14-15,19H,10-12H2,1H3/t14-,15-/m0/s1. The molecule has 0 amide bonds. The molecule has 0 saturated carbocycles. The maximum Gasteiger partial charge on any atom is 0.243 e. The zero-order valence-electron chi connectivity index (χ0n) is 12.9. The van der Waals surface area contributed by atoms with E-state index in [0.29, 0.717) is 6.42 Å². The highest BCUT2D eigenvalue weighted by atomic mass is 32.2. The molecular formula is C16H20N2O4S. The van der Waals surface area contributed by atoms with Crippen molar-refractivity contribution < 1.29 is 18.3 Å². The summed E-state index contributed by atoms with van der Waals surface area (Å²) in [5.74, 6) is 0. The fourth-order valence-electron chi connectivity index (χ4n) is 2.91. The molecule has 7 heteroatoms. The summed E-state index contributed by atoms with van der Waals surface area (Å²) in [5, 5.41) is 9.46. The molecule has 2 heterocycles. The van der Waals surface area contributed by atoms with Crippen molar-refractivity contribution in [1.82, 2.24) is 8.87 Å². The van der Waals surface area contributed by atoms with E-state index in [2.05, 4.69) is 0 Å². The minimum atomic E-state index is -3.64. The van der Waals surface area contributed by atoms with E-state index in [4.69, 9.17) is 4.74 Å². The van der Waals surface area contributed by atoms with Gasteiger partial charge < -0.3 is 14.4 Å². The quantitative estimate of drug-likeness (QED) is 0.892. The Labute approximate surface area is 136 Å². The second kappa shape index (κ2) is 6.45. The minimum Gasteiger partial charge on any atom is -0.395 e. The smallest absolute Gasteiger partial charge is 0.243 e. The minimum absolute atomic E-state index is 0.180. The van der Waals surface area contributed by atoms with Crippen LogP contribution in [-0.4, -0.2) is 54.8 Å². The lowest BCUT2D eigenvalue weighted by atomic mass is 10.2. The van der Waals surface area contributed by atoms with Crippen molar-refractivity contribution in [2.75, 3.05) is 20.3 Å². The van der Waals surface area contributed by atoms with Crippen LogP contribution in [0.1, 0.15) is 6.42 Å². The van der Waals surface area contributed by atoms with E-state index < -0.39 is 16.1 Å². The lowest BCUT2D eigenvalue weighted by Gasteiger charge is -2.22. The van der Waals surface area contributed by atoms with E-state index in [-0.39, 0.29) is 24.2 Å². The summed E-state index contributed by atoms with van der Waals surface area (Å²) in [7, 11) is -2.09. The van der Waals surface area contributed by atoms with E-state index in [1.54, 1.807) is 31.4 Å². The number of hydrogen-bond acceptors (Lipinski definition) is 4. The predicted octanol–water partition coefficient (Wildman–Crippen LogP) is 1.25. The fourth-order valence-corrected chi connectivity index (χ4v) is 4.57. The molecule has 1 aliphatic heterocycles. The average molecular weight is 336 g/mol. The maximum atomic E-state index is 12.8. The van der Waals surface area contributed by atoms with Gasteiger partial charge in [0.15, 0.2) is 0 Å². The Balaban J connectivity index is 1.87. The van der Waals surface area contributed by atoms with Gasteiger partial charge in [0.25, 0.3) is 0 Å². The number of ether oxygens (including phenoxy) is 1. The highest BCUT2D eigenvalue weighted by molar-refractivity contribution is 7.89. The predicted molar refractivity (Wildman–Crippen MR) is 85.9 cm³/mol. The van der Waals surface area contributed by atoms with Crippen molar-refractivity contribution in [2.24, 2.45) is 0 Å². The van der Waals surface area contributed by atoms with Crippen molar-refractivity contribution in [3.63, 3.8) is 0 Å². The third-order valence-electron chi connectivity index (χ3n) is 4.22. The van der Waals surface area contributed by atoms with Crippen LogP contribution in [0.15, 0.2) is 53.7 Å². The first-order valence-corrected chi connectivity index (χ1v) is 8.89. The largest absolute Gasteiger partial charge is 0.395 e. The zero-order chi connectivity index (χ0) is 16.4. The number of nitrogens with zero attached hydrogens (tertiary/aromatic N) is 2.